The molecule has 122 valence electrons. The number of hydrazine groups is 1. The Hall–Kier alpha value is -2.42. The Balaban J connectivity index is 3.24. The van der Waals surface area contributed by atoms with Crippen LogP contribution in [-0.2, 0) is 15.7 Å². The van der Waals surface area contributed by atoms with E-state index in [-0.39, 0.29) is 29.4 Å². The first kappa shape index (κ1) is 17.6. The molecule has 0 amide bonds. The van der Waals surface area contributed by atoms with Gasteiger partial charge < -0.3 is 16.2 Å². The molecule has 0 heterocycles. The first-order valence-corrected chi connectivity index (χ1v) is 6.24. The third-order valence-corrected chi connectivity index (χ3v) is 2.70. The lowest BCUT2D eigenvalue weighted by atomic mass is 10.1. The van der Waals surface area contributed by atoms with Crippen molar-refractivity contribution >= 4 is 17.3 Å². The van der Waals surface area contributed by atoms with Gasteiger partial charge in [-0.3, -0.25) is 5.01 Å². The second kappa shape index (κ2) is 6.56. The average molecular weight is 318 g/mol. The number of benzene rings is 1. The van der Waals surface area contributed by atoms with Gasteiger partial charge in [0.05, 0.1) is 23.5 Å². The SMILES string of the molecule is CCOC(=O)/C(=C(/C)N)N(N)c1ccc(C(F)(F)F)cc1N. The zero-order chi connectivity index (χ0) is 17.1. The van der Waals surface area contributed by atoms with Crippen molar-refractivity contribution in [3.8, 4) is 0 Å². The van der Waals surface area contributed by atoms with Crippen LogP contribution < -0.4 is 22.3 Å². The summed E-state index contributed by atoms with van der Waals surface area (Å²) >= 11 is 0. The van der Waals surface area contributed by atoms with Gasteiger partial charge in [-0.25, -0.2) is 10.6 Å². The molecular formula is C13H17F3N4O2. The van der Waals surface area contributed by atoms with E-state index in [9.17, 15) is 18.0 Å². The van der Waals surface area contributed by atoms with Gasteiger partial charge in [-0.15, -0.1) is 0 Å². The van der Waals surface area contributed by atoms with E-state index in [0.29, 0.717) is 0 Å². The number of rotatable bonds is 4. The van der Waals surface area contributed by atoms with E-state index in [2.05, 4.69) is 0 Å². The van der Waals surface area contributed by atoms with Gasteiger partial charge in [0.1, 0.15) is 0 Å². The fourth-order valence-electron chi connectivity index (χ4n) is 1.72. The molecule has 1 rings (SSSR count). The zero-order valence-electron chi connectivity index (χ0n) is 12.1. The molecular weight excluding hydrogens is 301 g/mol. The van der Waals surface area contributed by atoms with E-state index >= 15 is 0 Å². The summed E-state index contributed by atoms with van der Waals surface area (Å²) in [5.74, 6) is 4.96. The molecule has 0 saturated heterocycles. The highest BCUT2D eigenvalue weighted by atomic mass is 19.4. The number of carbonyl (C=O) groups excluding carboxylic acids is 1. The molecule has 6 nitrogen and oxygen atoms in total. The van der Waals surface area contributed by atoms with Gasteiger partial charge >= 0.3 is 12.1 Å². The highest BCUT2D eigenvalue weighted by Gasteiger charge is 2.31. The molecule has 9 heteroatoms. The first-order chi connectivity index (χ1) is 10.1. The maximum Gasteiger partial charge on any atom is 0.416 e. The molecule has 0 aromatic heterocycles. The number of alkyl halides is 3. The Morgan fingerprint density at radius 1 is 1.36 bits per heavy atom. The molecule has 0 fully saturated rings. The molecule has 0 aliphatic carbocycles. The van der Waals surface area contributed by atoms with E-state index in [0.717, 1.165) is 23.2 Å². The van der Waals surface area contributed by atoms with Crippen molar-refractivity contribution in [1.29, 1.82) is 0 Å². The molecule has 0 spiro atoms. The third-order valence-electron chi connectivity index (χ3n) is 2.70. The molecule has 0 bridgehead atoms. The molecule has 0 aliphatic rings. The summed E-state index contributed by atoms with van der Waals surface area (Å²) < 4.78 is 42.6. The van der Waals surface area contributed by atoms with Crippen molar-refractivity contribution in [1.82, 2.24) is 0 Å². The van der Waals surface area contributed by atoms with Crippen LogP contribution in [0.3, 0.4) is 0 Å². The van der Waals surface area contributed by atoms with Gasteiger partial charge in [0.15, 0.2) is 5.70 Å². The minimum Gasteiger partial charge on any atom is -0.461 e. The Bertz CT molecular complexity index is 595. The van der Waals surface area contributed by atoms with Crippen LogP contribution in [0, 0.1) is 0 Å². The number of nitrogen functional groups attached to an aromatic ring is 1. The fraction of sp³-hybridized carbons (Fsp3) is 0.308. The van der Waals surface area contributed by atoms with Gasteiger partial charge in [-0.2, -0.15) is 13.2 Å². The molecule has 0 saturated carbocycles. The second-order valence-corrected chi connectivity index (χ2v) is 4.39. The number of anilines is 2. The van der Waals surface area contributed by atoms with Crippen LogP contribution in [0.15, 0.2) is 29.6 Å². The summed E-state index contributed by atoms with van der Waals surface area (Å²) in [5, 5.41) is 0.808. The lowest BCUT2D eigenvalue weighted by Gasteiger charge is -2.23. The maximum atomic E-state index is 12.6. The standard InChI is InChI=1S/C13H17F3N4O2/c1-3-22-12(21)11(7(2)17)20(19)10-5-4-8(6-9(10)18)13(14,15)16/h4-6H,3,17-19H2,1-2H3/b11-7+. The number of allylic oxidation sites excluding steroid dienone is 1. The van der Waals surface area contributed by atoms with Crippen LogP contribution in [0.25, 0.3) is 0 Å². The number of esters is 1. The summed E-state index contributed by atoms with van der Waals surface area (Å²) in [6, 6.07) is 2.59. The van der Waals surface area contributed by atoms with Gasteiger partial charge in [0.25, 0.3) is 0 Å². The summed E-state index contributed by atoms with van der Waals surface area (Å²) in [5.41, 5.74) is 9.85. The highest BCUT2D eigenvalue weighted by Crippen LogP contribution is 2.34. The largest absolute Gasteiger partial charge is 0.461 e. The van der Waals surface area contributed by atoms with Crippen molar-refractivity contribution in [2.24, 2.45) is 11.6 Å². The lowest BCUT2D eigenvalue weighted by molar-refractivity contribution is -0.139. The number of carbonyl (C=O) groups is 1. The van der Waals surface area contributed by atoms with Crippen LogP contribution >= 0.6 is 0 Å². The van der Waals surface area contributed by atoms with E-state index in [1.807, 2.05) is 0 Å². The van der Waals surface area contributed by atoms with Gasteiger partial charge in [0, 0.05) is 5.70 Å². The quantitative estimate of drug-likeness (QED) is 0.256. The van der Waals surface area contributed by atoms with Gasteiger partial charge in [-0.1, -0.05) is 0 Å². The van der Waals surface area contributed by atoms with E-state index in [1.165, 1.54) is 6.92 Å². The Labute approximate surface area is 125 Å². The van der Waals surface area contributed by atoms with Crippen molar-refractivity contribution in [3.05, 3.63) is 35.2 Å². The van der Waals surface area contributed by atoms with Crippen molar-refractivity contribution in [2.45, 2.75) is 20.0 Å². The fourth-order valence-corrected chi connectivity index (χ4v) is 1.72. The monoisotopic (exact) mass is 318 g/mol. The van der Waals surface area contributed by atoms with Crippen molar-refractivity contribution in [3.63, 3.8) is 0 Å². The Morgan fingerprint density at radius 2 is 1.95 bits per heavy atom. The number of hydrogen-bond acceptors (Lipinski definition) is 6. The highest BCUT2D eigenvalue weighted by molar-refractivity contribution is 5.94. The van der Waals surface area contributed by atoms with Gasteiger partial charge in [-0.05, 0) is 32.0 Å². The third kappa shape index (κ3) is 3.82. The summed E-state index contributed by atoms with van der Waals surface area (Å²) in [6.45, 7) is 3.09. The number of ether oxygens (including phenoxy) is 1. The van der Waals surface area contributed by atoms with Crippen molar-refractivity contribution in [2.75, 3.05) is 17.3 Å². The smallest absolute Gasteiger partial charge is 0.416 e. The lowest BCUT2D eigenvalue weighted by Crippen LogP contribution is -2.37. The number of hydrogen-bond donors (Lipinski definition) is 3. The number of halogens is 3. The van der Waals surface area contributed by atoms with Crippen LogP contribution in [0.1, 0.15) is 19.4 Å². The van der Waals surface area contributed by atoms with Crippen molar-refractivity contribution < 1.29 is 22.7 Å². The molecule has 0 atom stereocenters. The van der Waals surface area contributed by atoms with Crippen LogP contribution in [0.2, 0.25) is 0 Å². The second-order valence-electron chi connectivity index (χ2n) is 4.39. The molecule has 1 aromatic rings. The van der Waals surface area contributed by atoms with Crippen LogP contribution in [-0.4, -0.2) is 12.6 Å². The first-order valence-electron chi connectivity index (χ1n) is 6.24. The number of nitrogens with two attached hydrogens (primary N) is 3. The topological polar surface area (TPSA) is 108 Å². The molecule has 0 aliphatic heterocycles. The van der Waals surface area contributed by atoms with Crippen LogP contribution in [0.5, 0.6) is 0 Å². The molecule has 22 heavy (non-hydrogen) atoms. The van der Waals surface area contributed by atoms with Gasteiger partial charge in [0.2, 0.25) is 0 Å². The van der Waals surface area contributed by atoms with E-state index in [4.69, 9.17) is 22.0 Å². The Morgan fingerprint density at radius 3 is 2.36 bits per heavy atom. The normalized spacial score (nSPS) is 12.6. The minimum absolute atomic E-state index is 0.000790. The Kier molecular flexibility index (Phi) is 5.26. The van der Waals surface area contributed by atoms with E-state index < -0.39 is 17.7 Å². The molecule has 6 N–H and O–H groups in total. The number of nitrogens with zero attached hydrogens (tertiary/aromatic N) is 1. The summed E-state index contributed by atoms with van der Waals surface area (Å²) in [6.07, 6.45) is -4.53. The predicted molar refractivity (Wildman–Crippen MR) is 76.0 cm³/mol. The average Bonchev–Trinajstić information content (AvgIpc) is 2.37. The molecule has 0 unspecified atom stereocenters. The minimum atomic E-state index is -4.53. The predicted octanol–water partition coefficient (Wildman–Crippen LogP) is 1.72. The van der Waals surface area contributed by atoms with E-state index in [1.54, 1.807) is 6.92 Å². The van der Waals surface area contributed by atoms with Crippen LogP contribution in [0.4, 0.5) is 24.5 Å². The molecule has 1 aromatic carbocycles. The summed E-state index contributed by atoms with van der Waals surface area (Å²) in [7, 11) is 0. The molecule has 0 radical (unpaired) electrons. The maximum absolute atomic E-state index is 12.6. The summed E-state index contributed by atoms with van der Waals surface area (Å²) in [4.78, 5) is 11.8. The zero-order valence-corrected chi connectivity index (χ0v) is 12.1.